The summed E-state index contributed by atoms with van der Waals surface area (Å²) >= 11 is 0. The number of methoxy groups -OCH3 is 1. The lowest BCUT2D eigenvalue weighted by atomic mass is 9.70. The maximum absolute atomic E-state index is 14.0. The minimum absolute atomic E-state index is 0.173. The summed E-state index contributed by atoms with van der Waals surface area (Å²) < 4.78 is 40.3. The van der Waals surface area contributed by atoms with Crippen molar-refractivity contribution in [1.29, 1.82) is 0 Å². The van der Waals surface area contributed by atoms with Crippen molar-refractivity contribution in [1.82, 2.24) is 0 Å². The Morgan fingerprint density at radius 3 is 2.39 bits per heavy atom. The lowest BCUT2D eigenvalue weighted by Gasteiger charge is -2.34. The predicted molar refractivity (Wildman–Crippen MR) is 147 cm³/mol. The summed E-state index contributed by atoms with van der Waals surface area (Å²) in [6.45, 7) is 3.72. The number of rotatable bonds is 7. The predicted octanol–water partition coefficient (Wildman–Crippen LogP) is 5.85. The molecular weight excluding hydrogens is 502 g/mol. The largest absolute Gasteiger partial charge is 0.497 e. The molecule has 200 valence electrons. The van der Waals surface area contributed by atoms with Crippen LogP contribution in [0.4, 0.5) is 5.69 Å². The maximum Gasteiger partial charge on any atom is 0.341 e. The van der Waals surface area contributed by atoms with Crippen LogP contribution in [0.5, 0.6) is 11.5 Å². The normalized spacial score (nSPS) is 16.3. The van der Waals surface area contributed by atoms with E-state index in [0.29, 0.717) is 17.9 Å². The molecule has 7 nitrogen and oxygen atoms in total. The van der Waals surface area contributed by atoms with Crippen molar-refractivity contribution in [2.24, 2.45) is 0 Å². The zero-order valence-electron chi connectivity index (χ0n) is 22.0. The number of hydrogen-bond donors (Lipinski definition) is 1. The summed E-state index contributed by atoms with van der Waals surface area (Å²) in [5.74, 6) is 0.0799. The van der Waals surface area contributed by atoms with Crippen LogP contribution in [0.2, 0.25) is 0 Å². The Morgan fingerprint density at radius 2 is 1.74 bits per heavy atom. The summed E-state index contributed by atoms with van der Waals surface area (Å²) in [4.78, 5) is 11.0. The van der Waals surface area contributed by atoms with Crippen molar-refractivity contribution < 1.29 is 27.8 Å². The van der Waals surface area contributed by atoms with Gasteiger partial charge in [0.1, 0.15) is 11.5 Å². The first-order valence-electron chi connectivity index (χ1n) is 12.9. The molecule has 0 unspecified atom stereocenters. The standard InChI is InChI=1S/C30H33NO6S/c1-20-15-23(36-3)8-10-25(20)22-7-11-27-26(17-22)30(13-5-4-6-14-30)19-31(27)38(34,35)24-9-12-28(21(2)16-24)37-18-29(32)33/h7-12,15-17H,4-6,13-14,18-19H2,1-3H3,(H,32,33). The number of carbonyl (C=O) groups is 1. The number of benzene rings is 3. The summed E-state index contributed by atoms with van der Waals surface area (Å²) in [7, 11) is -2.19. The number of anilines is 1. The minimum atomic E-state index is -3.85. The van der Waals surface area contributed by atoms with Gasteiger partial charge in [-0.1, -0.05) is 31.4 Å². The number of hydrogen-bond acceptors (Lipinski definition) is 5. The Balaban J connectivity index is 1.55. The third kappa shape index (κ3) is 4.62. The molecule has 5 rings (SSSR count). The Labute approximate surface area is 224 Å². The highest BCUT2D eigenvalue weighted by molar-refractivity contribution is 7.92. The molecule has 1 heterocycles. The van der Waals surface area contributed by atoms with Crippen LogP contribution in [0, 0.1) is 13.8 Å². The number of sulfonamides is 1. The van der Waals surface area contributed by atoms with Gasteiger partial charge in [0, 0.05) is 12.0 Å². The molecule has 2 aliphatic rings. The van der Waals surface area contributed by atoms with Gasteiger partial charge in [-0.15, -0.1) is 0 Å². The van der Waals surface area contributed by atoms with Gasteiger partial charge < -0.3 is 14.6 Å². The van der Waals surface area contributed by atoms with E-state index in [1.165, 1.54) is 12.1 Å². The zero-order valence-corrected chi connectivity index (χ0v) is 22.8. The Morgan fingerprint density at radius 1 is 0.974 bits per heavy atom. The van der Waals surface area contributed by atoms with E-state index in [2.05, 4.69) is 19.1 Å². The first-order chi connectivity index (χ1) is 18.1. The molecule has 0 atom stereocenters. The molecule has 3 aromatic carbocycles. The van der Waals surface area contributed by atoms with E-state index in [-0.39, 0.29) is 10.3 Å². The van der Waals surface area contributed by atoms with E-state index in [1.807, 2.05) is 24.3 Å². The molecule has 0 saturated heterocycles. The highest BCUT2D eigenvalue weighted by Gasteiger charge is 2.47. The van der Waals surface area contributed by atoms with Crippen LogP contribution in [-0.4, -0.2) is 39.8 Å². The van der Waals surface area contributed by atoms with Gasteiger partial charge >= 0.3 is 5.97 Å². The number of nitrogens with zero attached hydrogens (tertiary/aromatic N) is 1. The quantitative estimate of drug-likeness (QED) is 0.408. The van der Waals surface area contributed by atoms with Gasteiger partial charge in [-0.25, -0.2) is 13.2 Å². The fourth-order valence-corrected chi connectivity index (χ4v) is 7.62. The number of aliphatic carboxylic acids is 1. The molecule has 3 aromatic rings. The van der Waals surface area contributed by atoms with Crippen LogP contribution in [0.25, 0.3) is 11.1 Å². The molecule has 0 radical (unpaired) electrons. The maximum atomic E-state index is 14.0. The molecule has 0 bridgehead atoms. The van der Waals surface area contributed by atoms with E-state index in [9.17, 15) is 13.2 Å². The van der Waals surface area contributed by atoms with Crippen molar-refractivity contribution in [3.63, 3.8) is 0 Å². The number of aryl methyl sites for hydroxylation is 2. The molecule has 1 aliphatic carbocycles. The van der Waals surface area contributed by atoms with Gasteiger partial charge in [0.05, 0.1) is 17.7 Å². The average Bonchev–Trinajstić information content (AvgIpc) is 3.21. The number of ether oxygens (including phenoxy) is 2. The van der Waals surface area contributed by atoms with Crippen molar-refractivity contribution >= 4 is 21.7 Å². The second kappa shape index (κ2) is 9.98. The van der Waals surface area contributed by atoms with Gasteiger partial charge in [-0.05, 0) is 97.0 Å². The fraction of sp³-hybridized carbons (Fsp3) is 0.367. The lowest BCUT2D eigenvalue weighted by Crippen LogP contribution is -2.38. The summed E-state index contributed by atoms with van der Waals surface area (Å²) in [5, 5.41) is 8.90. The smallest absolute Gasteiger partial charge is 0.341 e. The van der Waals surface area contributed by atoms with Gasteiger partial charge in [0.2, 0.25) is 0 Å². The van der Waals surface area contributed by atoms with E-state index in [4.69, 9.17) is 14.6 Å². The molecule has 0 amide bonds. The molecule has 0 aromatic heterocycles. The van der Waals surface area contributed by atoms with Crippen LogP contribution in [-0.2, 0) is 20.2 Å². The Bertz CT molecular complexity index is 1490. The fourth-order valence-electron chi connectivity index (χ4n) is 5.96. The Hall–Kier alpha value is -3.52. The van der Waals surface area contributed by atoms with Crippen LogP contribution >= 0.6 is 0 Å². The number of carboxylic acids is 1. The summed E-state index contributed by atoms with van der Waals surface area (Å²) in [6.07, 6.45) is 5.23. The third-order valence-electron chi connectivity index (χ3n) is 7.92. The molecule has 1 spiro atoms. The average molecular weight is 536 g/mol. The highest BCUT2D eigenvalue weighted by atomic mass is 32.2. The molecule has 1 aliphatic heterocycles. The van der Waals surface area contributed by atoms with Crippen LogP contribution in [0.15, 0.2) is 59.5 Å². The molecule has 38 heavy (non-hydrogen) atoms. The van der Waals surface area contributed by atoms with E-state index >= 15 is 0 Å². The van der Waals surface area contributed by atoms with E-state index < -0.39 is 22.6 Å². The lowest BCUT2D eigenvalue weighted by molar-refractivity contribution is -0.139. The monoisotopic (exact) mass is 535 g/mol. The summed E-state index contributed by atoms with van der Waals surface area (Å²) in [6, 6.07) is 16.8. The van der Waals surface area contributed by atoms with Crippen LogP contribution in [0.3, 0.4) is 0 Å². The first-order valence-corrected chi connectivity index (χ1v) is 14.4. The molecule has 1 saturated carbocycles. The molecule has 1 N–H and O–H groups in total. The second-order valence-corrected chi connectivity index (χ2v) is 12.2. The SMILES string of the molecule is COc1ccc(-c2ccc3c(c2)C2(CCCCC2)CN3S(=O)(=O)c2ccc(OCC(=O)O)c(C)c2)c(C)c1. The topological polar surface area (TPSA) is 93.1 Å². The third-order valence-corrected chi connectivity index (χ3v) is 9.68. The number of fused-ring (bicyclic) bond motifs is 2. The van der Waals surface area contributed by atoms with Crippen molar-refractivity contribution in [3.05, 3.63) is 71.3 Å². The minimum Gasteiger partial charge on any atom is -0.497 e. The first kappa shape index (κ1) is 26.1. The van der Waals surface area contributed by atoms with Crippen molar-refractivity contribution in [2.45, 2.75) is 56.3 Å². The van der Waals surface area contributed by atoms with E-state index in [1.54, 1.807) is 24.4 Å². The van der Waals surface area contributed by atoms with Crippen molar-refractivity contribution in [2.75, 3.05) is 24.6 Å². The summed E-state index contributed by atoms with van der Waals surface area (Å²) in [5.41, 5.74) is 5.49. The molecule has 8 heteroatoms. The van der Waals surface area contributed by atoms with Gasteiger partial charge in [-0.3, -0.25) is 4.31 Å². The Kier molecular flexibility index (Phi) is 6.86. The highest BCUT2D eigenvalue weighted by Crippen LogP contribution is 2.52. The zero-order chi connectivity index (χ0) is 27.1. The van der Waals surface area contributed by atoms with Crippen LogP contribution in [0.1, 0.15) is 48.8 Å². The second-order valence-electron chi connectivity index (χ2n) is 10.4. The molecular formula is C30H33NO6S. The molecule has 1 fully saturated rings. The van der Waals surface area contributed by atoms with Crippen molar-refractivity contribution in [3.8, 4) is 22.6 Å². The van der Waals surface area contributed by atoms with Gasteiger partial charge in [0.15, 0.2) is 6.61 Å². The van der Waals surface area contributed by atoms with Crippen LogP contribution < -0.4 is 13.8 Å². The van der Waals surface area contributed by atoms with E-state index in [0.717, 1.165) is 65.8 Å². The number of carboxylic acid groups (broad SMARTS) is 1. The van der Waals surface area contributed by atoms with Gasteiger partial charge in [-0.2, -0.15) is 0 Å². The van der Waals surface area contributed by atoms with Gasteiger partial charge in [0.25, 0.3) is 10.0 Å².